The first-order valence-corrected chi connectivity index (χ1v) is 8.00. The van der Waals surface area contributed by atoms with Gasteiger partial charge >= 0.3 is 12.1 Å². The first-order chi connectivity index (χ1) is 11.8. The van der Waals surface area contributed by atoms with Crippen LogP contribution in [0.1, 0.15) is 32.0 Å². The van der Waals surface area contributed by atoms with E-state index in [2.05, 4.69) is 9.97 Å². The Morgan fingerprint density at radius 1 is 1.28 bits per heavy atom. The van der Waals surface area contributed by atoms with Gasteiger partial charge in [-0.1, -0.05) is 30.3 Å². The summed E-state index contributed by atoms with van der Waals surface area (Å²) in [6, 6.07) is 8.13. The lowest BCUT2D eigenvalue weighted by Crippen LogP contribution is -2.48. The number of aromatic amines is 1. The summed E-state index contributed by atoms with van der Waals surface area (Å²) >= 11 is 0. The quantitative estimate of drug-likeness (QED) is 0.839. The molecule has 1 aromatic carbocycles. The number of carboxylic acid groups (broad SMARTS) is 1. The van der Waals surface area contributed by atoms with Crippen molar-refractivity contribution in [3.63, 3.8) is 0 Å². The number of H-pyrrole nitrogens is 1. The van der Waals surface area contributed by atoms with Crippen molar-refractivity contribution < 1.29 is 19.4 Å². The molecule has 134 valence electrons. The molecule has 0 unspecified atom stereocenters. The Kier molecular flexibility index (Phi) is 5.80. The van der Waals surface area contributed by atoms with Gasteiger partial charge in [-0.3, -0.25) is 4.90 Å². The van der Waals surface area contributed by atoms with Crippen LogP contribution in [0.4, 0.5) is 4.79 Å². The molecule has 2 aromatic rings. The Hall–Kier alpha value is -2.83. The first-order valence-electron chi connectivity index (χ1n) is 8.00. The Labute approximate surface area is 146 Å². The monoisotopic (exact) mass is 345 g/mol. The number of imidazole rings is 1. The van der Waals surface area contributed by atoms with Crippen molar-refractivity contribution in [3.05, 3.63) is 54.1 Å². The Balaban J connectivity index is 2.29. The molecule has 1 amide bonds. The molecule has 2 N–H and O–H groups in total. The van der Waals surface area contributed by atoms with E-state index in [1.54, 1.807) is 27.0 Å². The third-order valence-electron chi connectivity index (χ3n) is 3.44. The topological polar surface area (TPSA) is 95.5 Å². The molecule has 0 radical (unpaired) electrons. The van der Waals surface area contributed by atoms with Crippen molar-refractivity contribution in [1.29, 1.82) is 0 Å². The number of amides is 1. The third-order valence-corrected chi connectivity index (χ3v) is 3.44. The number of nitrogens with zero attached hydrogens (tertiary/aromatic N) is 2. The summed E-state index contributed by atoms with van der Waals surface area (Å²) < 4.78 is 5.42. The number of carbonyl (C=O) groups is 2. The van der Waals surface area contributed by atoms with Crippen LogP contribution in [0.15, 0.2) is 42.9 Å². The highest BCUT2D eigenvalue weighted by Gasteiger charge is 2.33. The van der Waals surface area contributed by atoms with Gasteiger partial charge in [-0.05, 0) is 26.3 Å². The van der Waals surface area contributed by atoms with Gasteiger partial charge in [-0.25, -0.2) is 14.6 Å². The normalized spacial score (nSPS) is 12.4. The summed E-state index contributed by atoms with van der Waals surface area (Å²) in [7, 11) is 0. The van der Waals surface area contributed by atoms with Crippen LogP contribution in [-0.2, 0) is 22.5 Å². The van der Waals surface area contributed by atoms with Crippen LogP contribution in [0.2, 0.25) is 0 Å². The Morgan fingerprint density at radius 2 is 1.96 bits per heavy atom. The second kappa shape index (κ2) is 7.83. The maximum Gasteiger partial charge on any atom is 0.411 e. The van der Waals surface area contributed by atoms with Gasteiger partial charge in [0, 0.05) is 19.2 Å². The highest BCUT2D eigenvalue weighted by Crippen LogP contribution is 2.17. The van der Waals surface area contributed by atoms with Gasteiger partial charge < -0.3 is 14.8 Å². The number of benzene rings is 1. The molecule has 0 spiro atoms. The number of ether oxygens (including phenoxy) is 1. The van der Waals surface area contributed by atoms with E-state index in [-0.39, 0.29) is 13.0 Å². The van der Waals surface area contributed by atoms with Crippen LogP contribution >= 0.6 is 0 Å². The Bertz CT molecular complexity index is 693. The fraction of sp³-hybridized carbons (Fsp3) is 0.389. The average Bonchev–Trinajstić information content (AvgIpc) is 3.03. The standard InChI is InChI=1S/C18H23N3O4/c1-18(2,3)25-17(24)21(11-13-7-5-4-6-8-13)15(16(22)23)9-14-10-19-12-20-14/h4-8,10,12,15H,9,11H2,1-3H3,(H,19,20)(H,22,23)/t15-/m0/s1. The van der Waals surface area contributed by atoms with Crippen molar-refractivity contribution in [1.82, 2.24) is 14.9 Å². The lowest BCUT2D eigenvalue weighted by molar-refractivity contribution is -0.143. The van der Waals surface area contributed by atoms with E-state index in [4.69, 9.17) is 4.74 Å². The molecule has 0 saturated heterocycles. The second-order valence-corrected chi connectivity index (χ2v) is 6.71. The molecule has 1 aromatic heterocycles. The van der Waals surface area contributed by atoms with E-state index in [9.17, 15) is 14.7 Å². The van der Waals surface area contributed by atoms with Gasteiger partial charge in [0.25, 0.3) is 0 Å². The molecule has 0 aliphatic rings. The number of carbonyl (C=O) groups excluding carboxylic acids is 1. The van der Waals surface area contributed by atoms with Crippen LogP contribution in [0, 0.1) is 0 Å². The van der Waals surface area contributed by atoms with E-state index >= 15 is 0 Å². The highest BCUT2D eigenvalue weighted by atomic mass is 16.6. The fourth-order valence-electron chi connectivity index (χ4n) is 2.33. The summed E-state index contributed by atoms with van der Waals surface area (Å²) in [5.74, 6) is -1.11. The second-order valence-electron chi connectivity index (χ2n) is 6.71. The van der Waals surface area contributed by atoms with E-state index in [0.717, 1.165) is 5.56 Å². The molecule has 7 nitrogen and oxygen atoms in total. The van der Waals surface area contributed by atoms with Crippen molar-refractivity contribution in [3.8, 4) is 0 Å². The van der Waals surface area contributed by atoms with E-state index < -0.39 is 23.7 Å². The molecular weight excluding hydrogens is 322 g/mol. The number of aliphatic carboxylic acids is 1. The molecule has 0 bridgehead atoms. The van der Waals surface area contributed by atoms with Gasteiger partial charge in [0.15, 0.2) is 0 Å². The third kappa shape index (κ3) is 5.63. The maximum atomic E-state index is 12.6. The molecule has 1 atom stereocenters. The smallest absolute Gasteiger partial charge is 0.411 e. The van der Waals surface area contributed by atoms with Gasteiger partial charge in [-0.15, -0.1) is 0 Å². The zero-order valence-corrected chi connectivity index (χ0v) is 14.6. The number of hydrogen-bond acceptors (Lipinski definition) is 4. The van der Waals surface area contributed by atoms with E-state index in [0.29, 0.717) is 5.69 Å². The van der Waals surface area contributed by atoms with Crippen LogP contribution in [0.25, 0.3) is 0 Å². The van der Waals surface area contributed by atoms with Crippen molar-refractivity contribution >= 4 is 12.1 Å². The predicted molar refractivity (Wildman–Crippen MR) is 91.9 cm³/mol. The minimum absolute atomic E-state index is 0.0882. The summed E-state index contributed by atoms with van der Waals surface area (Å²) in [6.45, 7) is 5.37. The molecule has 1 heterocycles. The van der Waals surface area contributed by atoms with Crippen LogP contribution < -0.4 is 0 Å². The molecule has 0 fully saturated rings. The number of aromatic nitrogens is 2. The average molecular weight is 345 g/mol. The number of hydrogen-bond donors (Lipinski definition) is 2. The zero-order valence-electron chi connectivity index (χ0n) is 14.6. The minimum atomic E-state index is -1.11. The van der Waals surface area contributed by atoms with Crippen LogP contribution in [0.3, 0.4) is 0 Å². The predicted octanol–water partition coefficient (Wildman–Crippen LogP) is 2.84. The zero-order chi connectivity index (χ0) is 18.4. The lowest BCUT2D eigenvalue weighted by Gasteiger charge is -2.31. The minimum Gasteiger partial charge on any atom is -0.480 e. The number of rotatable bonds is 6. The van der Waals surface area contributed by atoms with Gasteiger partial charge in [0.05, 0.1) is 12.0 Å². The summed E-state index contributed by atoms with van der Waals surface area (Å²) in [4.78, 5) is 32.6. The molecule has 0 saturated carbocycles. The van der Waals surface area contributed by atoms with Crippen LogP contribution in [-0.4, -0.2) is 43.7 Å². The van der Waals surface area contributed by atoms with Crippen molar-refractivity contribution in [2.75, 3.05) is 0 Å². The van der Waals surface area contributed by atoms with Gasteiger partial charge in [-0.2, -0.15) is 0 Å². The summed E-state index contributed by atoms with van der Waals surface area (Å²) in [5, 5.41) is 9.68. The lowest BCUT2D eigenvalue weighted by atomic mass is 10.1. The summed E-state index contributed by atoms with van der Waals surface area (Å²) in [5.41, 5.74) is 0.664. The van der Waals surface area contributed by atoms with Crippen molar-refractivity contribution in [2.45, 2.75) is 45.4 Å². The highest BCUT2D eigenvalue weighted by molar-refractivity contribution is 5.80. The largest absolute Gasteiger partial charge is 0.480 e. The molecule has 7 heteroatoms. The van der Waals surface area contributed by atoms with Crippen molar-refractivity contribution in [2.24, 2.45) is 0 Å². The number of nitrogens with one attached hydrogen (secondary N) is 1. The SMILES string of the molecule is CC(C)(C)OC(=O)N(Cc1ccccc1)[C@@H](Cc1c[nH]cn1)C(=O)O. The molecule has 0 aliphatic heterocycles. The number of carboxylic acids is 1. The van der Waals surface area contributed by atoms with E-state index in [1.165, 1.54) is 11.2 Å². The Morgan fingerprint density at radius 3 is 2.48 bits per heavy atom. The van der Waals surface area contributed by atoms with Crippen LogP contribution in [0.5, 0.6) is 0 Å². The first kappa shape index (κ1) is 18.5. The molecular formula is C18H23N3O4. The van der Waals surface area contributed by atoms with E-state index in [1.807, 2.05) is 30.3 Å². The fourth-order valence-corrected chi connectivity index (χ4v) is 2.33. The molecule has 2 rings (SSSR count). The van der Waals surface area contributed by atoms with Gasteiger partial charge in [0.2, 0.25) is 0 Å². The molecule has 0 aliphatic carbocycles. The summed E-state index contributed by atoms with van der Waals surface area (Å²) in [6.07, 6.45) is 2.51. The molecule has 25 heavy (non-hydrogen) atoms. The van der Waals surface area contributed by atoms with Gasteiger partial charge in [0.1, 0.15) is 11.6 Å². The maximum absolute atomic E-state index is 12.6.